The standard InChI is InChI=1S/C74H86Cl2N10O22/c1-28(2)13-43(86(6)73(103)108-74(3,4)5)66(97)84-57-59(91)32-8-11-46(40(75)20-32)104-48-22-36-23-49(64(48)107-72-63(95)62(94)61(93)50(27-77)106-72)105-47-12-9-33(21-41(47)76)60(92)58-71(102)83-56(69(100)80-53-34-15-29-14-30(17-34)18-35(53)16-29)39-24-37(87)25-45(89)52(39)38-19-31(7-10-44(38)88)54(67(98)85-58)82-68(99)55(36)81-65(96)42(26-51(78)90)79-70(57)101/h7-12,19-25,28-30,34-35,42-43,50,53-63,72,87-89,91-95H,13-18,26-27,77H2,1-6H3,(H2,78,90)(H,79,101)(H,80,100)(H,81,96)(H,82,99)(H,83,102)(H,84,97)(H,85,98)/t29?,30?,34?,35?,42-,43+,50?,53?,54+,55+,56-,57+,58-,59+,60+,61?,62?,63?,72?/m0/s1. The number of aliphatic hydroxyl groups is 5. The molecule has 6 aliphatic heterocycles. The third kappa shape index (κ3) is 16.2. The van der Waals surface area contributed by atoms with Gasteiger partial charge in [0.1, 0.15) is 113 Å². The first-order valence-electron chi connectivity index (χ1n) is 35.3. The Balaban J connectivity index is 1.04. The van der Waals surface area contributed by atoms with Gasteiger partial charge in [-0.1, -0.05) is 55.2 Å². The molecule has 9 amide bonds. The number of aromatic hydroxyl groups is 3. The van der Waals surface area contributed by atoms with Crippen LogP contribution in [0.3, 0.4) is 0 Å². The lowest BCUT2D eigenvalue weighted by Gasteiger charge is -2.54. The van der Waals surface area contributed by atoms with E-state index in [1.54, 1.807) is 34.6 Å². The summed E-state index contributed by atoms with van der Waals surface area (Å²) in [6.45, 7) is 7.83. The van der Waals surface area contributed by atoms with Gasteiger partial charge < -0.3 is 113 Å². The van der Waals surface area contributed by atoms with Crippen molar-refractivity contribution in [3.05, 3.63) is 117 Å². The number of halogens is 2. The Morgan fingerprint density at radius 2 is 1.23 bits per heavy atom. The molecule has 15 rings (SSSR count). The monoisotopic (exact) mass is 1540 g/mol. The van der Waals surface area contributed by atoms with Crippen molar-refractivity contribution in [2.24, 2.45) is 41.1 Å². The van der Waals surface area contributed by atoms with Crippen LogP contribution in [0.2, 0.25) is 10.0 Å². The number of nitrogens with one attached hydrogen (secondary N) is 7. The molecule has 0 radical (unpaired) electrons. The molecular weight excluding hydrogens is 1450 g/mol. The van der Waals surface area contributed by atoms with E-state index in [9.17, 15) is 55.2 Å². The third-order valence-corrected chi connectivity index (χ3v) is 21.4. The number of fused-ring (bicyclic) bond motifs is 15. The molecule has 578 valence electrons. The SMILES string of the molecule is CC(C)C[C@H](C(=O)N[C@H]1C(=O)N[C@@H](CC(N)=O)C(=O)N[C@H]2C(=O)N[C@H]3C(=O)N[C@H](C(=O)N[C@H](C(=O)NC4C5CC6CC(C5)CC4C6)c4cc(O)cc(O)c4-c4cc3ccc4O)[C@H](O)c3ccc(c(Cl)c3)Oc3cc2cc(c3OC2OC(CN)C(O)C(O)C2O)Oc2ccc(cc2Cl)[C@H]1O)N(C)C(=O)OC(C)(C)C. The Kier molecular flexibility index (Phi) is 22.4. The molecule has 4 saturated carbocycles. The summed E-state index contributed by atoms with van der Waals surface area (Å²) in [6.07, 6.45) is -11.2. The molecule has 1 saturated heterocycles. The molecule has 32 nitrogen and oxygen atoms in total. The van der Waals surface area contributed by atoms with Gasteiger partial charge in [0.05, 0.1) is 16.5 Å². The summed E-state index contributed by atoms with van der Waals surface area (Å²) in [7, 11) is 1.28. The van der Waals surface area contributed by atoms with E-state index >= 15 is 28.8 Å². The molecule has 19 N–H and O–H groups in total. The number of amides is 9. The lowest BCUT2D eigenvalue weighted by Crippen LogP contribution is -2.60. The second-order valence-electron chi connectivity index (χ2n) is 30.1. The van der Waals surface area contributed by atoms with E-state index in [0.29, 0.717) is 11.8 Å². The lowest BCUT2D eigenvalue weighted by molar-refractivity contribution is -0.270. The van der Waals surface area contributed by atoms with Crippen LogP contribution in [0.5, 0.6) is 46.0 Å². The minimum atomic E-state index is -2.33. The highest BCUT2D eigenvalue weighted by Crippen LogP contribution is 2.55. The van der Waals surface area contributed by atoms with Crippen molar-refractivity contribution in [3.63, 3.8) is 0 Å². The number of carbonyl (C=O) groups is 9. The zero-order chi connectivity index (χ0) is 78.0. The first-order valence-corrected chi connectivity index (χ1v) is 36.1. The van der Waals surface area contributed by atoms with Crippen molar-refractivity contribution in [2.45, 2.75) is 176 Å². The average molecular weight is 1540 g/mol. The van der Waals surface area contributed by atoms with Crippen LogP contribution in [0, 0.1) is 29.6 Å². The normalized spacial score (nSPS) is 29.1. The third-order valence-electron chi connectivity index (χ3n) is 20.8. The van der Waals surface area contributed by atoms with Crippen molar-refractivity contribution < 1.29 is 108 Å². The van der Waals surface area contributed by atoms with Gasteiger partial charge in [0, 0.05) is 36.8 Å². The van der Waals surface area contributed by atoms with Gasteiger partial charge in [0.15, 0.2) is 11.5 Å². The van der Waals surface area contributed by atoms with Crippen molar-refractivity contribution in [1.82, 2.24) is 42.1 Å². The fraction of sp³-hybridized carbons (Fsp3) is 0.473. The molecule has 6 heterocycles. The summed E-state index contributed by atoms with van der Waals surface area (Å²) < 4.78 is 31.0. The van der Waals surface area contributed by atoms with Gasteiger partial charge >= 0.3 is 6.09 Å². The van der Waals surface area contributed by atoms with Gasteiger partial charge in [0.25, 0.3) is 0 Å². The molecule has 4 aliphatic carbocycles. The first-order chi connectivity index (χ1) is 51.0. The van der Waals surface area contributed by atoms with Crippen molar-refractivity contribution >= 4 is 76.6 Å². The number of phenolic OH excluding ortho intramolecular Hbond substituents is 3. The van der Waals surface area contributed by atoms with Crippen molar-refractivity contribution in [1.29, 1.82) is 0 Å². The van der Waals surface area contributed by atoms with E-state index in [1.807, 2.05) is 0 Å². The number of carbonyl (C=O) groups excluding carboxylic acids is 9. The number of aliphatic hydroxyl groups excluding tert-OH is 5. The molecular formula is C74H86Cl2N10O22. The second kappa shape index (κ2) is 31.1. The molecule has 15 bridgehead atoms. The predicted octanol–water partition coefficient (Wildman–Crippen LogP) is 3.34. The van der Waals surface area contributed by atoms with Crippen LogP contribution in [0.1, 0.15) is 138 Å². The fourth-order valence-electron chi connectivity index (χ4n) is 15.7. The molecule has 0 aromatic heterocycles. The molecule has 5 aromatic rings. The van der Waals surface area contributed by atoms with Crippen molar-refractivity contribution in [3.8, 4) is 57.1 Å². The maximum Gasteiger partial charge on any atom is 0.410 e. The maximum absolute atomic E-state index is 16.2. The second-order valence-corrected chi connectivity index (χ2v) is 30.9. The maximum atomic E-state index is 16.2. The van der Waals surface area contributed by atoms with Gasteiger partial charge in [-0.2, -0.15) is 0 Å². The van der Waals surface area contributed by atoms with E-state index in [2.05, 4.69) is 37.2 Å². The van der Waals surface area contributed by atoms with Gasteiger partial charge in [-0.15, -0.1) is 0 Å². The zero-order valence-corrected chi connectivity index (χ0v) is 60.9. The number of nitrogens with zero attached hydrogens (tertiary/aromatic N) is 1. The van der Waals surface area contributed by atoms with Crippen LogP contribution < -0.4 is 62.9 Å². The minimum absolute atomic E-state index is 0.0426. The summed E-state index contributed by atoms with van der Waals surface area (Å²) in [5, 5.41) is 112. The number of nitrogens with two attached hydrogens (primary N) is 2. The topological polar surface area (TPSA) is 501 Å². The summed E-state index contributed by atoms with van der Waals surface area (Å²) in [6, 6.07) is -0.242. The highest BCUT2D eigenvalue weighted by molar-refractivity contribution is 6.32. The van der Waals surface area contributed by atoms with E-state index < -0.39 is 197 Å². The number of ether oxygens (including phenoxy) is 5. The van der Waals surface area contributed by atoms with Crippen LogP contribution in [-0.4, -0.2) is 179 Å². The molecule has 5 unspecified atom stereocenters. The molecule has 5 aromatic carbocycles. The van der Waals surface area contributed by atoms with E-state index in [0.717, 1.165) is 91.6 Å². The average Bonchev–Trinajstić information content (AvgIpc) is 0.761. The smallest absolute Gasteiger partial charge is 0.410 e. The molecule has 34 heteroatoms. The van der Waals surface area contributed by atoms with Gasteiger partial charge in [-0.25, -0.2) is 4.79 Å². The molecule has 10 aliphatic rings. The highest BCUT2D eigenvalue weighted by Gasteiger charge is 2.51. The fourth-order valence-corrected chi connectivity index (χ4v) is 16.2. The van der Waals surface area contributed by atoms with E-state index in [4.69, 9.17) is 58.4 Å². The summed E-state index contributed by atoms with van der Waals surface area (Å²) >= 11 is 14.2. The van der Waals surface area contributed by atoms with Gasteiger partial charge in [-0.05, 0) is 171 Å². The number of rotatable bonds is 12. The largest absolute Gasteiger partial charge is 0.508 e. The minimum Gasteiger partial charge on any atom is -0.508 e. The molecule has 5 fully saturated rings. The number of benzene rings is 5. The molecule has 14 atom stereocenters. The number of likely N-dealkylation sites (N-methyl/N-ethyl adjacent to an activating group) is 1. The van der Waals surface area contributed by atoms with Gasteiger partial charge in [-0.3, -0.25) is 43.3 Å². The highest BCUT2D eigenvalue weighted by atomic mass is 35.5. The van der Waals surface area contributed by atoms with Crippen molar-refractivity contribution in [2.75, 3.05) is 13.6 Å². The summed E-state index contributed by atoms with van der Waals surface area (Å²) in [5.41, 5.74) is 8.60. The quantitative estimate of drug-likeness (QED) is 0.0851. The van der Waals surface area contributed by atoms with Crippen LogP contribution in [0.25, 0.3) is 11.1 Å². The van der Waals surface area contributed by atoms with E-state index in [-0.39, 0.29) is 85.1 Å². The first kappa shape index (κ1) is 77.8. The Hall–Kier alpha value is -9.77. The Morgan fingerprint density at radius 3 is 1.81 bits per heavy atom. The van der Waals surface area contributed by atoms with Crippen LogP contribution in [0.4, 0.5) is 4.79 Å². The van der Waals surface area contributed by atoms with Crippen LogP contribution >= 0.6 is 23.2 Å². The Bertz CT molecular complexity index is 4380. The zero-order valence-electron chi connectivity index (χ0n) is 59.4. The van der Waals surface area contributed by atoms with E-state index in [1.165, 1.54) is 31.3 Å². The number of phenols is 3. The Morgan fingerprint density at radius 1 is 0.648 bits per heavy atom. The number of hydrogen-bond donors (Lipinski definition) is 17. The van der Waals surface area contributed by atoms with Crippen LogP contribution in [0.15, 0.2) is 78.9 Å². The van der Waals surface area contributed by atoms with Gasteiger partial charge in [0.2, 0.25) is 59.3 Å². The van der Waals surface area contributed by atoms with Crippen LogP contribution in [-0.2, 0) is 47.8 Å². The predicted molar refractivity (Wildman–Crippen MR) is 381 cm³/mol. The molecule has 0 spiro atoms. The molecule has 108 heavy (non-hydrogen) atoms. The number of hydrogen-bond acceptors (Lipinski definition) is 23. The summed E-state index contributed by atoms with van der Waals surface area (Å²) in [5.74, 6) is -13.6. The lowest BCUT2D eigenvalue weighted by atomic mass is 9.54. The Labute approximate surface area is 628 Å². The number of primary amides is 1. The summed E-state index contributed by atoms with van der Waals surface area (Å²) in [4.78, 5) is 136.